The molecule has 0 fully saturated rings. The van der Waals surface area contributed by atoms with Crippen LogP contribution >= 0.6 is 0 Å². The molecule has 2 rings (SSSR count). The number of aromatic nitrogens is 1. The van der Waals surface area contributed by atoms with Gasteiger partial charge in [-0.2, -0.15) is 0 Å². The van der Waals surface area contributed by atoms with Crippen molar-refractivity contribution in [2.45, 2.75) is 12.5 Å². The maximum Gasteiger partial charge on any atom is 0.141 e. The molecule has 0 aliphatic rings. The number of methoxy groups -OCH3 is 1. The Morgan fingerprint density at radius 3 is 2.81 bits per heavy atom. The normalized spacial score (nSPS) is 12.0. The van der Waals surface area contributed by atoms with Gasteiger partial charge in [0, 0.05) is 25.3 Å². The molecule has 4 nitrogen and oxygen atoms in total. The van der Waals surface area contributed by atoms with Crippen molar-refractivity contribution in [1.82, 2.24) is 4.98 Å². The fourth-order valence-electron chi connectivity index (χ4n) is 2.03. The lowest BCUT2D eigenvalue weighted by molar-refractivity contribution is 0.165. The molecule has 0 radical (unpaired) electrons. The minimum atomic E-state index is -0.710. The van der Waals surface area contributed by atoms with Gasteiger partial charge in [-0.05, 0) is 30.7 Å². The van der Waals surface area contributed by atoms with Crippen LogP contribution in [-0.4, -0.2) is 30.8 Å². The fraction of sp³-hybridized carbons (Fsp3) is 0.312. The van der Waals surface area contributed by atoms with E-state index in [1.165, 1.54) is 12.1 Å². The summed E-state index contributed by atoms with van der Waals surface area (Å²) in [6.45, 7) is 0.646. The van der Waals surface area contributed by atoms with Crippen molar-refractivity contribution < 1.29 is 14.2 Å². The Morgan fingerprint density at radius 2 is 2.14 bits per heavy atom. The maximum atomic E-state index is 12.8. The number of aliphatic hydroxyl groups is 1. The van der Waals surface area contributed by atoms with E-state index in [1.807, 2.05) is 36.2 Å². The number of halogens is 1. The van der Waals surface area contributed by atoms with Crippen molar-refractivity contribution >= 4 is 5.69 Å². The minimum absolute atomic E-state index is 0.403. The third-order valence-corrected chi connectivity index (χ3v) is 3.32. The molecule has 1 aromatic carbocycles. The van der Waals surface area contributed by atoms with E-state index >= 15 is 0 Å². The molecule has 1 aromatic heterocycles. The molecule has 112 valence electrons. The Morgan fingerprint density at radius 1 is 1.33 bits per heavy atom. The van der Waals surface area contributed by atoms with E-state index in [0.29, 0.717) is 18.7 Å². The second-order valence-corrected chi connectivity index (χ2v) is 4.83. The van der Waals surface area contributed by atoms with Crippen LogP contribution in [0.15, 0.2) is 42.6 Å². The van der Waals surface area contributed by atoms with E-state index in [9.17, 15) is 9.50 Å². The molecular weight excluding hydrogens is 271 g/mol. The molecular formula is C16H19FN2O2. The third-order valence-electron chi connectivity index (χ3n) is 3.32. The molecule has 0 bridgehead atoms. The zero-order chi connectivity index (χ0) is 15.2. The minimum Gasteiger partial charge on any atom is -0.497 e. The molecule has 0 spiro atoms. The average molecular weight is 290 g/mol. The van der Waals surface area contributed by atoms with Gasteiger partial charge in [0.2, 0.25) is 0 Å². The number of nitrogens with zero attached hydrogens (tertiary/aromatic N) is 2. The van der Waals surface area contributed by atoms with Crippen LogP contribution in [-0.2, 0) is 0 Å². The zero-order valence-corrected chi connectivity index (χ0v) is 12.2. The van der Waals surface area contributed by atoms with Crippen LogP contribution in [0, 0.1) is 5.82 Å². The first-order valence-corrected chi connectivity index (χ1v) is 6.75. The SMILES string of the molecule is COc1cccc(N(C)CCC(O)c2ccc(F)cn2)c1. The van der Waals surface area contributed by atoms with Crippen molar-refractivity contribution in [1.29, 1.82) is 0 Å². The van der Waals surface area contributed by atoms with Crippen molar-refractivity contribution in [3.63, 3.8) is 0 Å². The molecule has 0 aliphatic carbocycles. The summed E-state index contributed by atoms with van der Waals surface area (Å²) in [6.07, 6.45) is 0.912. The van der Waals surface area contributed by atoms with Crippen LogP contribution < -0.4 is 9.64 Å². The van der Waals surface area contributed by atoms with Gasteiger partial charge in [0.05, 0.1) is 25.1 Å². The highest BCUT2D eigenvalue weighted by Gasteiger charge is 2.11. The van der Waals surface area contributed by atoms with Gasteiger partial charge in [-0.1, -0.05) is 6.07 Å². The topological polar surface area (TPSA) is 45.6 Å². The molecule has 21 heavy (non-hydrogen) atoms. The molecule has 1 unspecified atom stereocenters. The van der Waals surface area contributed by atoms with Gasteiger partial charge in [-0.25, -0.2) is 4.39 Å². The van der Waals surface area contributed by atoms with Gasteiger partial charge < -0.3 is 14.7 Å². The zero-order valence-electron chi connectivity index (χ0n) is 12.2. The smallest absolute Gasteiger partial charge is 0.141 e. The summed E-state index contributed by atoms with van der Waals surface area (Å²) in [7, 11) is 3.57. The van der Waals surface area contributed by atoms with Gasteiger partial charge in [0.25, 0.3) is 0 Å². The highest BCUT2D eigenvalue weighted by molar-refractivity contribution is 5.50. The van der Waals surface area contributed by atoms with E-state index in [2.05, 4.69) is 4.98 Å². The first-order valence-electron chi connectivity index (χ1n) is 6.75. The quantitative estimate of drug-likeness (QED) is 0.888. The largest absolute Gasteiger partial charge is 0.497 e. The van der Waals surface area contributed by atoms with Crippen molar-refractivity contribution in [3.05, 3.63) is 54.1 Å². The Balaban J connectivity index is 1.93. The Bertz CT molecular complexity index is 575. The number of hydrogen-bond donors (Lipinski definition) is 1. The number of aliphatic hydroxyl groups excluding tert-OH is 1. The lowest BCUT2D eigenvalue weighted by Gasteiger charge is -2.21. The lowest BCUT2D eigenvalue weighted by atomic mass is 10.1. The number of rotatable bonds is 6. The van der Waals surface area contributed by atoms with Gasteiger partial charge in [-0.3, -0.25) is 4.98 Å². The molecule has 0 saturated heterocycles. The molecule has 5 heteroatoms. The fourth-order valence-corrected chi connectivity index (χ4v) is 2.03. The Kier molecular flexibility index (Phi) is 5.11. The summed E-state index contributed by atoms with van der Waals surface area (Å²) in [4.78, 5) is 5.92. The van der Waals surface area contributed by atoms with Crippen LogP contribution in [0.1, 0.15) is 18.2 Å². The van der Waals surface area contributed by atoms with Gasteiger partial charge in [0.15, 0.2) is 0 Å². The lowest BCUT2D eigenvalue weighted by Crippen LogP contribution is -2.20. The van der Waals surface area contributed by atoms with Gasteiger partial charge in [0.1, 0.15) is 11.6 Å². The highest BCUT2D eigenvalue weighted by Crippen LogP contribution is 2.21. The summed E-state index contributed by atoms with van der Waals surface area (Å²) in [5.41, 5.74) is 1.49. The van der Waals surface area contributed by atoms with Gasteiger partial charge in [-0.15, -0.1) is 0 Å². The molecule has 0 saturated carbocycles. The summed E-state index contributed by atoms with van der Waals surface area (Å²) < 4.78 is 18.0. The van der Waals surface area contributed by atoms with E-state index < -0.39 is 11.9 Å². The molecule has 1 atom stereocenters. The van der Waals surface area contributed by atoms with Crippen LogP contribution in [0.25, 0.3) is 0 Å². The van der Waals surface area contributed by atoms with Crippen LogP contribution in [0.3, 0.4) is 0 Å². The predicted octanol–water partition coefficient (Wildman–Crippen LogP) is 2.79. The van der Waals surface area contributed by atoms with E-state index in [-0.39, 0.29) is 0 Å². The molecule has 0 amide bonds. The van der Waals surface area contributed by atoms with Crippen LogP contribution in [0.2, 0.25) is 0 Å². The maximum absolute atomic E-state index is 12.8. The number of hydrogen-bond acceptors (Lipinski definition) is 4. The summed E-state index contributed by atoms with van der Waals surface area (Å²) in [5, 5.41) is 10.1. The van der Waals surface area contributed by atoms with Crippen LogP contribution in [0.4, 0.5) is 10.1 Å². The number of pyridine rings is 1. The first kappa shape index (κ1) is 15.3. The van der Waals surface area contributed by atoms with Crippen molar-refractivity contribution in [2.24, 2.45) is 0 Å². The molecule has 1 heterocycles. The summed E-state index contributed by atoms with van der Waals surface area (Å²) in [5.74, 6) is 0.388. The van der Waals surface area contributed by atoms with Crippen molar-refractivity contribution in [3.8, 4) is 5.75 Å². The summed E-state index contributed by atoms with van der Waals surface area (Å²) in [6, 6.07) is 10.5. The molecule has 2 aromatic rings. The van der Waals surface area contributed by atoms with E-state index in [0.717, 1.165) is 17.6 Å². The monoisotopic (exact) mass is 290 g/mol. The third kappa shape index (κ3) is 4.16. The van der Waals surface area contributed by atoms with E-state index in [4.69, 9.17) is 4.74 Å². The van der Waals surface area contributed by atoms with Crippen LogP contribution in [0.5, 0.6) is 5.75 Å². The first-order chi connectivity index (χ1) is 10.1. The predicted molar refractivity (Wildman–Crippen MR) is 80.0 cm³/mol. The number of anilines is 1. The van der Waals surface area contributed by atoms with Crippen molar-refractivity contribution in [2.75, 3.05) is 25.6 Å². The standard InChI is InChI=1S/C16H19FN2O2/c1-19(13-4-3-5-14(10-13)21-2)9-8-16(20)15-7-6-12(17)11-18-15/h3-7,10-11,16,20H,8-9H2,1-2H3. The van der Waals surface area contributed by atoms with Gasteiger partial charge >= 0.3 is 0 Å². The highest BCUT2D eigenvalue weighted by atomic mass is 19.1. The molecule has 0 aliphatic heterocycles. The number of ether oxygens (including phenoxy) is 1. The Labute approximate surface area is 123 Å². The average Bonchev–Trinajstić information content (AvgIpc) is 2.53. The van der Waals surface area contributed by atoms with E-state index in [1.54, 1.807) is 7.11 Å². The second-order valence-electron chi connectivity index (χ2n) is 4.83. The second kappa shape index (κ2) is 7.04. The number of benzene rings is 1. The Hall–Kier alpha value is -2.14. The summed E-state index contributed by atoms with van der Waals surface area (Å²) >= 11 is 0. The molecule has 1 N–H and O–H groups in total.